The van der Waals surface area contributed by atoms with Crippen molar-refractivity contribution in [2.24, 2.45) is 0 Å². The molecule has 1 heterocycles. The molecule has 16 heavy (non-hydrogen) atoms. The number of hydrogen-bond acceptors (Lipinski definition) is 3. The van der Waals surface area contributed by atoms with E-state index < -0.39 is 0 Å². The Balaban J connectivity index is 3.10. The lowest BCUT2D eigenvalue weighted by molar-refractivity contribution is 0.604. The third-order valence-corrected chi connectivity index (χ3v) is 4.04. The van der Waals surface area contributed by atoms with Gasteiger partial charge in [0.2, 0.25) is 0 Å². The summed E-state index contributed by atoms with van der Waals surface area (Å²) in [5.74, 6) is 2.75. The zero-order chi connectivity index (χ0) is 12.3. The van der Waals surface area contributed by atoms with Crippen LogP contribution in [-0.2, 0) is 0 Å². The molecule has 1 aromatic rings. The van der Waals surface area contributed by atoms with E-state index in [1.54, 1.807) is 0 Å². The number of aromatic nitrogens is 1. The summed E-state index contributed by atoms with van der Waals surface area (Å²) in [6.45, 7) is 8.28. The Hall–Kier alpha value is -1.08. The number of anilines is 1. The molecule has 1 atom stereocenters. The van der Waals surface area contributed by atoms with E-state index in [2.05, 4.69) is 24.5 Å². The minimum atomic E-state index is 0.339. The summed E-state index contributed by atoms with van der Waals surface area (Å²) < 4.78 is 2.08. The van der Waals surface area contributed by atoms with Crippen LogP contribution < -0.4 is 5.73 Å². The Labute approximate surface area is 102 Å². The molecule has 0 aliphatic carbocycles. The number of rotatable bonds is 4. The highest BCUT2D eigenvalue weighted by atomic mass is 32.2. The standard InChI is InChI=1S/C12H19N3S/c1-5-16-7-8(2)15-10(4)9(3)11(6-13)12(15)14/h8H,5,7,14H2,1-4H3. The Morgan fingerprint density at radius 3 is 2.56 bits per heavy atom. The van der Waals surface area contributed by atoms with Crippen molar-refractivity contribution in [2.75, 3.05) is 17.2 Å². The number of nitrogens with two attached hydrogens (primary N) is 1. The van der Waals surface area contributed by atoms with Crippen molar-refractivity contribution in [3.8, 4) is 6.07 Å². The molecular formula is C12H19N3S. The molecule has 0 spiro atoms. The van der Waals surface area contributed by atoms with Gasteiger partial charge in [0.25, 0.3) is 0 Å². The monoisotopic (exact) mass is 237 g/mol. The van der Waals surface area contributed by atoms with Gasteiger partial charge in [0.15, 0.2) is 0 Å². The maximum atomic E-state index is 9.05. The van der Waals surface area contributed by atoms with E-state index >= 15 is 0 Å². The quantitative estimate of drug-likeness (QED) is 0.876. The van der Waals surface area contributed by atoms with E-state index in [9.17, 15) is 0 Å². The van der Waals surface area contributed by atoms with Gasteiger partial charge < -0.3 is 10.3 Å². The highest BCUT2D eigenvalue weighted by molar-refractivity contribution is 7.99. The summed E-state index contributed by atoms with van der Waals surface area (Å²) in [5.41, 5.74) is 8.77. The maximum Gasteiger partial charge on any atom is 0.122 e. The minimum Gasteiger partial charge on any atom is -0.384 e. The topological polar surface area (TPSA) is 54.7 Å². The second-order valence-corrected chi connectivity index (χ2v) is 5.28. The third-order valence-electron chi connectivity index (χ3n) is 2.91. The SMILES string of the molecule is CCSCC(C)n1c(C)c(C)c(C#N)c1N. The second kappa shape index (κ2) is 5.31. The van der Waals surface area contributed by atoms with Crippen LogP contribution in [0.15, 0.2) is 0 Å². The van der Waals surface area contributed by atoms with Crippen molar-refractivity contribution in [2.45, 2.75) is 33.7 Å². The smallest absolute Gasteiger partial charge is 0.122 e. The summed E-state index contributed by atoms with van der Waals surface area (Å²) in [4.78, 5) is 0. The van der Waals surface area contributed by atoms with Crippen LogP contribution in [0.5, 0.6) is 0 Å². The molecule has 1 rings (SSSR count). The van der Waals surface area contributed by atoms with Gasteiger partial charge in [0.1, 0.15) is 11.9 Å². The lowest BCUT2D eigenvalue weighted by Crippen LogP contribution is -2.12. The second-order valence-electron chi connectivity index (χ2n) is 3.96. The van der Waals surface area contributed by atoms with Crippen molar-refractivity contribution >= 4 is 17.6 Å². The summed E-state index contributed by atoms with van der Waals surface area (Å²) >= 11 is 1.89. The lowest BCUT2D eigenvalue weighted by Gasteiger charge is -2.17. The molecule has 2 N–H and O–H groups in total. The number of nitriles is 1. The van der Waals surface area contributed by atoms with Crippen LogP contribution >= 0.6 is 11.8 Å². The first kappa shape index (κ1) is 13.0. The zero-order valence-corrected chi connectivity index (χ0v) is 11.2. The molecule has 0 aliphatic rings. The molecule has 0 aliphatic heterocycles. The number of hydrogen-bond donors (Lipinski definition) is 1. The van der Waals surface area contributed by atoms with Crippen LogP contribution in [0.3, 0.4) is 0 Å². The van der Waals surface area contributed by atoms with Crippen LogP contribution in [0.4, 0.5) is 5.82 Å². The van der Waals surface area contributed by atoms with Crippen LogP contribution in [0.25, 0.3) is 0 Å². The number of nitrogens with zero attached hydrogens (tertiary/aromatic N) is 2. The molecule has 1 aromatic heterocycles. The van der Waals surface area contributed by atoms with E-state index in [0.717, 1.165) is 22.8 Å². The first-order valence-corrected chi connectivity index (χ1v) is 6.64. The highest BCUT2D eigenvalue weighted by Gasteiger charge is 2.18. The first-order valence-electron chi connectivity index (χ1n) is 5.49. The fourth-order valence-corrected chi connectivity index (χ4v) is 2.65. The third kappa shape index (κ3) is 2.19. The van der Waals surface area contributed by atoms with E-state index in [1.165, 1.54) is 0 Å². The van der Waals surface area contributed by atoms with Crippen LogP contribution in [0.2, 0.25) is 0 Å². The maximum absolute atomic E-state index is 9.05. The average Bonchev–Trinajstić information content (AvgIpc) is 2.47. The number of nitrogen functional groups attached to an aromatic ring is 1. The normalized spacial score (nSPS) is 12.4. The number of thioether (sulfide) groups is 1. The molecule has 0 bridgehead atoms. The minimum absolute atomic E-state index is 0.339. The van der Waals surface area contributed by atoms with Gasteiger partial charge in [-0.15, -0.1) is 0 Å². The predicted molar refractivity (Wildman–Crippen MR) is 70.7 cm³/mol. The zero-order valence-electron chi connectivity index (χ0n) is 10.4. The van der Waals surface area contributed by atoms with Crippen molar-refractivity contribution in [3.63, 3.8) is 0 Å². The fourth-order valence-electron chi connectivity index (χ4n) is 1.93. The van der Waals surface area contributed by atoms with Crippen molar-refractivity contribution < 1.29 is 0 Å². The van der Waals surface area contributed by atoms with E-state index in [4.69, 9.17) is 11.0 Å². The summed E-state index contributed by atoms with van der Waals surface area (Å²) in [5, 5.41) is 9.05. The predicted octanol–water partition coefficient (Wildman–Crippen LogP) is 2.87. The van der Waals surface area contributed by atoms with Gasteiger partial charge in [-0.2, -0.15) is 17.0 Å². The average molecular weight is 237 g/mol. The Kier molecular flexibility index (Phi) is 4.31. The summed E-state index contributed by atoms with van der Waals surface area (Å²) in [6, 6.07) is 2.52. The Morgan fingerprint density at radius 2 is 2.12 bits per heavy atom. The molecular weight excluding hydrogens is 218 g/mol. The summed E-state index contributed by atoms with van der Waals surface area (Å²) in [6.07, 6.45) is 0. The molecule has 0 radical (unpaired) electrons. The molecule has 0 amide bonds. The fraction of sp³-hybridized carbons (Fsp3) is 0.583. The molecule has 0 fully saturated rings. The molecule has 3 nitrogen and oxygen atoms in total. The van der Waals surface area contributed by atoms with Crippen LogP contribution in [-0.4, -0.2) is 16.1 Å². The summed E-state index contributed by atoms with van der Waals surface area (Å²) in [7, 11) is 0. The Morgan fingerprint density at radius 1 is 1.50 bits per heavy atom. The largest absolute Gasteiger partial charge is 0.384 e. The van der Waals surface area contributed by atoms with Gasteiger partial charge in [-0.25, -0.2) is 0 Å². The lowest BCUT2D eigenvalue weighted by atomic mass is 10.2. The van der Waals surface area contributed by atoms with Gasteiger partial charge in [-0.05, 0) is 32.1 Å². The van der Waals surface area contributed by atoms with Crippen molar-refractivity contribution in [1.29, 1.82) is 5.26 Å². The molecule has 0 saturated heterocycles. The molecule has 0 aromatic carbocycles. The van der Waals surface area contributed by atoms with Crippen LogP contribution in [0.1, 0.15) is 36.7 Å². The molecule has 4 heteroatoms. The van der Waals surface area contributed by atoms with Gasteiger partial charge in [-0.1, -0.05) is 6.92 Å². The van der Waals surface area contributed by atoms with E-state index in [0.29, 0.717) is 17.4 Å². The van der Waals surface area contributed by atoms with Gasteiger partial charge in [0.05, 0.1) is 5.56 Å². The van der Waals surface area contributed by atoms with Crippen molar-refractivity contribution in [1.82, 2.24) is 4.57 Å². The van der Waals surface area contributed by atoms with Crippen LogP contribution in [0, 0.1) is 25.2 Å². The molecule has 88 valence electrons. The van der Waals surface area contributed by atoms with Gasteiger partial charge in [-0.3, -0.25) is 0 Å². The van der Waals surface area contributed by atoms with E-state index in [1.807, 2.05) is 25.6 Å². The van der Waals surface area contributed by atoms with Gasteiger partial charge in [0, 0.05) is 17.5 Å². The highest BCUT2D eigenvalue weighted by Crippen LogP contribution is 2.28. The first-order chi connectivity index (χ1) is 7.54. The Bertz CT molecular complexity index is 415. The molecule has 0 saturated carbocycles. The van der Waals surface area contributed by atoms with E-state index in [-0.39, 0.29) is 0 Å². The van der Waals surface area contributed by atoms with Gasteiger partial charge >= 0.3 is 0 Å². The van der Waals surface area contributed by atoms with Crippen molar-refractivity contribution in [3.05, 3.63) is 16.8 Å². The molecule has 1 unspecified atom stereocenters.